The molecule has 0 radical (unpaired) electrons. The number of fused-ring (bicyclic) bond motifs is 1. The number of anilines is 1. The first kappa shape index (κ1) is 23.6. The van der Waals surface area contributed by atoms with Crippen LogP contribution in [0.25, 0.3) is 16.9 Å². The molecule has 0 fully saturated rings. The Bertz CT molecular complexity index is 1580. The van der Waals surface area contributed by atoms with Gasteiger partial charge in [-0.3, -0.25) is 14.2 Å². The smallest absolute Gasteiger partial charge is 0.341 e. The highest BCUT2D eigenvalue weighted by molar-refractivity contribution is 6.31. The fourth-order valence-electron chi connectivity index (χ4n) is 3.48. The van der Waals surface area contributed by atoms with Gasteiger partial charge in [-0.25, -0.2) is 24.1 Å². The zero-order valence-corrected chi connectivity index (χ0v) is 19.3. The molecule has 0 bridgehead atoms. The maximum Gasteiger partial charge on any atom is 0.341 e. The van der Waals surface area contributed by atoms with Crippen LogP contribution in [0.15, 0.2) is 64.4 Å². The third kappa shape index (κ3) is 4.49. The number of benzene rings is 1. The third-order valence-electron chi connectivity index (χ3n) is 5.04. The van der Waals surface area contributed by atoms with Crippen molar-refractivity contribution in [1.29, 1.82) is 0 Å². The summed E-state index contributed by atoms with van der Waals surface area (Å²) in [5, 5.41) is 3.05. The molecule has 0 spiro atoms. The van der Waals surface area contributed by atoms with E-state index in [0.29, 0.717) is 21.0 Å². The number of nitrogens with zero attached hydrogens (tertiary/aromatic N) is 4. The van der Waals surface area contributed by atoms with E-state index in [9.17, 15) is 19.2 Å². The largest absolute Gasteiger partial charge is 0.495 e. The second-order valence-corrected chi connectivity index (χ2v) is 7.58. The summed E-state index contributed by atoms with van der Waals surface area (Å²) in [5.74, 6) is -1.27. The molecular formula is C23H18ClN5O6. The Kier molecular flexibility index (Phi) is 6.60. The van der Waals surface area contributed by atoms with Crippen molar-refractivity contribution in [2.75, 3.05) is 19.5 Å². The highest BCUT2D eigenvalue weighted by Gasteiger charge is 2.22. The van der Waals surface area contributed by atoms with Crippen LogP contribution < -0.4 is 21.3 Å². The Morgan fingerprint density at radius 3 is 2.54 bits per heavy atom. The van der Waals surface area contributed by atoms with Crippen LogP contribution in [0.2, 0.25) is 5.02 Å². The number of amides is 1. The summed E-state index contributed by atoms with van der Waals surface area (Å²) >= 11 is 6.02. The second-order valence-electron chi connectivity index (χ2n) is 7.14. The molecule has 35 heavy (non-hydrogen) atoms. The zero-order chi connectivity index (χ0) is 25.1. The van der Waals surface area contributed by atoms with Crippen molar-refractivity contribution in [2.45, 2.75) is 6.54 Å². The number of rotatable bonds is 6. The first-order valence-electron chi connectivity index (χ1n) is 10.1. The van der Waals surface area contributed by atoms with Crippen LogP contribution in [0.4, 0.5) is 5.69 Å². The Morgan fingerprint density at radius 1 is 1.06 bits per heavy atom. The van der Waals surface area contributed by atoms with Crippen molar-refractivity contribution in [3.8, 4) is 11.6 Å². The molecular weight excluding hydrogens is 478 g/mol. The molecule has 0 saturated carbocycles. The number of aromatic nitrogens is 4. The number of hydrogen-bond donors (Lipinski definition) is 1. The minimum Gasteiger partial charge on any atom is -0.495 e. The lowest BCUT2D eigenvalue weighted by molar-refractivity contribution is -0.116. The number of esters is 1. The van der Waals surface area contributed by atoms with Gasteiger partial charge in [-0.2, -0.15) is 0 Å². The number of nitrogens with one attached hydrogen (secondary N) is 1. The van der Waals surface area contributed by atoms with Gasteiger partial charge in [0.2, 0.25) is 5.91 Å². The summed E-state index contributed by atoms with van der Waals surface area (Å²) in [6.07, 6.45) is 2.71. The molecule has 0 aliphatic rings. The molecule has 12 heteroatoms. The van der Waals surface area contributed by atoms with Gasteiger partial charge in [0.15, 0.2) is 5.82 Å². The molecule has 0 saturated heterocycles. The molecule has 178 valence electrons. The monoisotopic (exact) mass is 495 g/mol. The van der Waals surface area contributed by atoms with Gasteiger partial charge in [0.25, 0.3) is 5.56 Å². The van der Waals surface area contributed by atoms with Crippen LogP contribution in [0.3, 0.4) is 0 Å². The lowest BCUT2D eigenvalue weighted by Gasteiger charge is -2.15. The standard InChI is InChI=1S/C23H18ClN5O6/c1-34-17-8-7-13(24)11-16(17)27-18(30)12-28-19-14(5-3-9-25-19)21(31)29(23(28)33)20-15(22(32)35-2)6-4-10-26-20/h3-11H,12H2,1-2H3,(H,27,30). The summed E-state index contributed by atoms with van der Waals surface area (Å²) in [5.41, 5.74) is -1.49. The number of hydrogen-bond acceptors (Lipinski definition) is 8. The first-order valence-corrected chi connectivity index (χ1v) is 10.5. The van der Waals surface area contributed by atoms with Crippen molar-refractivity contribution >= 4 is 40.2 Å². The number of ether oxygens (including phenoxy) is 2. The lowest BCUT2D eigenvalue weighted by atomic mass is 10.2. The first-order chi connectivity index (χ1) is 16.8. The van der Waals surface area contributed by atoms with Gasteiger partial charge >= 0.3 is 11.7 Å². The van der Waals surface area contributed by atoms with Gasteiger partial charge in [-0.1, -0.05) is 11.6 Å². The van der Waals surface area contributed by atoms with E-state index in [0.717, 1.165) is 4.57 Å². The third-order valence-corrected chi connectivity index (χ3v) is 5.27. The summed E-state index contributed by atoms with van der Waals surface area (Å²) in [4.78, 5) is 60.1. The van der Waals surface area contributed by atoms with Crippen molar-refractivity contribution in [2.24, 2.45) is 0 Å². The molecule has 3 heterocycles. The minimum atomic E-state index is -0.918. The quantitative estimate of drug-likeness (QED) is 0.401. The Labute approximate surface area is 202 Å². The van der Waals surface area contributed by atoms with E-state index in [1.54, 1.807) is 12.1 Å². The SMILES string of the molecule is COC(=O)c1cccnc1-n1c(=O)c2cccnc2n(CC(=O)Nc2cc(Cl)ccc2OC)c1=O. The normalized spacial score (nSPS) is 10.7. The number of pyridine rings is 2. The molecule has 0 atom stereocenters. The number of methoxy groups -OCH3 is 2. The van der Waals surface area contributed by atoms with Gasteiger partial charge in [-0.05, 0) is 42.5 Å². The highest BCUT2D eigenvalue weighted by Crippen LogP contribution is 2.27. The zero-order valence-electron chi connectivity index (χ0n) is 18.5. The summed E-state index contributed by atoms with van der Waals surface area (Å²) < 4.78 is 11.7. The molecule has 0 aliphatic carbocycles. The fourth-order valence-corrected chi connectivity index (χ4v) is 3.65. The lowest BCUT2D eigenvalue weighted by Crippen LogP contribution is -2.42. The topological polar surface area (TPSA) is 134 Å². The van der Waals surface area contributed by atoms with Crippen molar-refractivity contribution in [1.82, 2.24) is 19.1 Å². The van der Waals surface area contributed by atoms with Gasteiger partial charge in [0.05, 0.1) is 25.3 Å². The average Bonchev–Trinajstić information content (AvgIpc) is 2.86. The minimum absolute atomic E-state index is 0.0116. The summed E-state index contributed by atoms with van der Waals surface area (Å²) in [6, 6.07) is 10.5. The van der Waals surface area contributed by atoms with Gasteiger partial charge in [0, 0.05) is 17.4 Å². The van der Waals surface area contributed by atoms with E-state index in [4.69, 9.17) is 21.1 Å². The van der Waals surface area contributed by atoms with Crippen molar-refractivity contribution in [3.05, 3.63) is 86.3 Å². The second kappa shape index (κ2) is 9.77. The van der Waals surface area contributed by atoms with E-state index < -0.39 is 29.7 Å². The average molecular weight is 496 g/mol. The molecule has 4 aromatic rings. The van der Waals surface area contributed by atoms with Crippen LogP contribution in [-0.4, -0.2) is 45.2 Å². The van der Waals surface area contributed by atoms with E-state index >= 15 is 0 Å². The number of carbonyl (C=O) groups is 2. The Balaban J connectivity index is 1.87. The maximum atomic E-state index is 13.5. The van der Waals surface area contributed by atoms with Crippen molar-refractivity contribution < 1.29 is 19.1 Å². The number of carbonyl (C=O) groups excluding carboxylic acids is 2. The molecule has 1 amide bonds. The molecule has 11 nitrogen and oxygen atoms in total. The van der Waals surface area contributed by atoms with Gasteiger partial charge < -0.3 is 14.8 Å². The van der Waals surface area contributed by atoms with Crippen LogP contribution in [-0.2, 0) is 16.1 Å². The van der Waals surface area contributed by atoms with Crippen LogP contribution in [0.1, 0.15) is 10.4 Å². The van der Waals surface area contributed by atoms with Crippen LogP contribution in [0.5, 0.6) is 5.75 Å². The van der Waals surface area contributed by atoms with Gasteiger partial charge in [-0.15, -0.1) is 0 Å². The number of halogens is 1. The molecule has 1 N–H and O–H groups in total. The fraction of sp³-hybridized carbons (Fsp3) is 0.130. The van der Waals surface area contributed by atoms with E-state index in [1.807, 2.05) is 0 Å². The highest BCUT2D eigenvalue weighted by atomic mass is 35.5. The summed E-state index contributed by atoms with van der Waals surface area (Å²) in [7, 11) is 2.60. The van der Waals surface area contributed by atoms with E-state index in [1.165, 1.54) is 56.9 Å². The maximum absolute atomic E-state index is 13.5. The summed E-state index contributed by atoms with van der Waals surface area (Å²) in [6.45, 7) is -0.511. The molecule has 1 aromatic carbocycles. The molecule has 0 aliphatic heterocycles. The molecule has 3 aromatic heterocycles. The van der Waals surface area contributed by atoms with Crippen LogP contribution in [0, 0.1) is 0 Å². The van der Waals surface area contributed by atoms with Crippen LogP contribution >= 0.6 is 11.6 Å². The van der Waals surface area contributed by atoms with Crippen molar-refractivity contribution in [3.63, 3.8) is 0 Å². The predicted octanol–water partition coefficient (Wildman–Crippen LogP) is 2.03. The van der Waals surface area contributed by atoms with E-state index in [2.05, 4.69) is 15.3 Å². The van der Waals surface area contributed by atoms with Gasteiger partial charge in [0.1, 0.15) is 23.5 Å². The Morgan fingerprint density at radius 2 is 1.80 bits per heavy atom. The molecule has 4 rings (SSSR count). The molecule has 0 unspecified atom stereocenters. The predicted molar refractivity (Wildman–Crippen MR) is 127 cm³/mol. The van der Waals surface area contributed by atoms with E-state index in [-0.39, 0.29) is 22.4 Å². The Hall–Kier alpha value is -4.51.